The predicted molar refractivity (Wildman–Crippen MR) is 269 cm³/mol. The molecule has 1 heterocycles. The van der Waals surface area contributed by atoms with Crippen LogP contribution in [0.25, 0.3) is 0 Å². The first kappa shape index (κ1) is 58.9. The molecular weight excluding hydrogens is 1050 g/mol. The zero-order valence-corrected chi connectivity index (χ0v) is 46.1. The van der Waals surface area contributed by atoms with Gasteiger partial charge in [-0.25, -0.2) is 9.59 Å². The first-order chi connectivity index (χ1) is 35.6. The van der Waals surface area contributed by atoms with Crippen LogP contribution >= 0.6 is 0 Å². The number of esters is 4. The highest BCUT2D eigenvalue weighted by molar-refractivity contribution is 7.87. The molecule has 3 aromatic rings. The molecule has 77 heavy (non-hydrogen) atoms. The summed E-state index contributed by atoms with van der Waals surface area (Å²) >= 11 is 0. The second-order valence-corrected chi connectivity index (χ2v) is 28.6. The van der Waals surface area contributed by atoms with Gasteiger partial charge in [-0.1, -0.05) is 101 Å². The monoisotopic (exact) mass is 1120 g/mol. The number of hydrogen-bond donors (Lipinski definition) is 3. The molecule has 3 N–H and O–H groups in total. The van der Waals surface area contributed by atoms with Crippen molar-refractivity contribution >= 4 is 54.0 Å². The summed E-state index contributed by atoms with van der Waals surface area (Å²) in [5.41, 5.74) is -16.1. The fourth-order valence-corrected chi connectivity index (χ4v) is 13.0. The zero-order valence-electron chi connectivity index (χ0n) is 44.3. The Morgan fingerprint density at radius 2 is 1.38 bits per heavy atom. The third-order valence-corrected chi connectivity index (χ3v) is 21.7. The maximum atomic E-state index is 16.0. The lowest BCUT2D eigenvalue weighted by molar-refractivity contribution is -0.366. The fraction of sp³-hybridized carbons (Fsp3) is 0.519. The molecule has 1 amide bonds. The van der Waals surface area contributed by atoms with Crippen molar-refractivity contribution in [2.75, 3.05) is 6.61 Å². The lowest BCUT2D eigenvalue weighted by atomic mass is 9.44. The molecule has 1 aliphatic heterocycles. The number of halogens is 3. The third kappa shape index (κ3) is 10.4. The molecule has 7 rings (SSSR count). The van der Waals surface area contributed by atoms with Crippen LogP contribution < -0.4 is 5.32 Å². The lowest BCUT2D eigenvalue weighted by Crippen LogP contribution is -2.85. The average Bonchev–Trinajstić information content (AvgIpc) is 3.47. The summed E-state index contributed by atoms with van der Waals surface area (Å²) in [5.74, 6) is -8.72. The average molecular weight is 1120 g/mol. The van der Waals surface area contributed by atoms with Gasteiger partial charge in [-0.2, -0.15) is 21.6 Å². The van der Waals surface area contributed by atoms with Crippen molar-refractivity contribution in [2.24, 2.45) is 16.7 Å². The van der Waals surface area contributed by atoms with Crippen molar-refractivity contribution in [3.8, 4) is 0 Å². The summed E-state index contributed by atoms with van der Waals surface area (Å²) in [7, 11) is -9.72. The van der Waals surface area contributed by atoms with E-state index in [0.29, 0.717) is 5.56 Å². The van der Waals surface area contributed by atoms with Crippen LogP contribution in [0.4, 0.5) is 13.2 Å². The Balaban J connectivity index is 1.49. The third-order valence-electron chi connectivity index (χ3n) is 16.2. The van der Waals surface area contributed by atoms with Crippen molar-refractivity contribution in [3.05, 3.63) is 119 Å². The molecule has 0 unspecified atom stereocenters. The van der Waals surface area contributed by atoms with Crippen LogP contribution in [0.5, 0.6) is 0 Å². The zero-order chi connectivity index (χ0) is 57.2. The summed E-state index contributed by atoms with van der Waals surface area (Å²) < 4.78 is 110. The minimum absolute atomic E-state index is 0.0317. The summed E-state index contributed by atoms with van der Waals surface area (Å²) in [4.78, 5) is 87.0. The second-order valence-electron chi connectivity index (χ2n) is 22.3. The highest BCUT2D eigenvalue weighted by atomic mass is 32.2. The molecule has 1 saturated heterocycles. The number of benzene rings is 3. The number of aliphatic hydroxyl groups is 2. The Kier molecular flexibility index (Phi) is 15.9. The number of amides is 1. The van der Waals surface area contributed by atoms with Crippen LogP contribution in [0.2, 0.25) is 18.1 Å². The smallest absolute Gasteiger partial charge is 0.456 e. The molecule has 23 heteroatoms. The van der Waals surface area contributed by atoms with E-state index >= 15 is 9.59 Å². The van der Waals surface area contributed by atoms with Gasteiger partial charge in [0.05, 0.1) is 35.6 Å². The van der Waals surface area contributed by atoms with Gasteiger partial charge in [-0.05, 0) is 73.0 Å². The van der Waals surface area contributed by atoms with E-state index in [9.17, 15) is 51.0 Å². The minimum Gasteiger partial charge on any atom is -0.456 e. The molecule has 0 aromatic heterocycles. The number of hydrogen-bond acceptors (Lipinski definition) is 17. The van der Waals surface area contributed by atoms with E-state index in [4.69, 9.17) is 32.3 Å². The van der Waals surface area contributed by atoms with Crippen LogP contribution in [-0.2, 0) is 61.6 Å². The number of ketones is 1. The first-order valence-electron chi connectivity index (χ1n) is 24.8. The van der Waals surface area contributed by atoms with E-state index in [-0.39, 0.29) is 22.3 Å². The lowest BCUT2D eigenvalue weighted by Gasteiger charge is -2.68. The van der Waals surface area contributed by atoms with Gasteiger partial charge in [0.25, 0.3) is 5.91 Å². The van der Waals surface area contributed by atoms with E-state index in [1.54, 1.807) is 66.7 Å². The topological polar surface area (TPSA) is 254 Å². The van der Waals surface area contributed by atoms with Gasteiger partial charge in [0, 0.05) is 31.2 Å². The number of rotatable bonds is 14. The van der Waals surface area contributed by atoms with E-state index in [1.807, 2.05) is 33.9 Å². The Labute approximate surface area is 445 Å². The number of carbonyl (C=O) groups is 6. The van der Waals surface area contributed by atoms with Gasteiger partial charge in [-0.15, -0.1) is 0 Å². The molecule has 4 aliphatic rings. The van der Waals surface area contributed by atoms with Crippen molar-refractivity contribution in [1.29, 1.82) is 0 Å². The minimum atomic E-state index is -6.65. The van der Waals surface area contributed by atoms with Crippen LogP contribution in [0.1, 0.15) is 101 Å². The Morgan fingerprint density at radius 1 is 0.831 bits per heavy atom. The largest absolute Gasteiger partial charge is 0.523 e. The highest BCUT2D eigenvalue weighted by Gasteiger charge is 2.81. The maximum absolute atomic E-state index is 16.0. The van der Waals surface area contributed by atoms with Gasteiger partial charge in [0.1, 0.15) is 30.0 Å². The molecule has 0 spiro atoms. The van der Waals surface area contributed by atoms with E-state index < -0.39 is 154 Å². The van der Waals surface area contributed by atoms with E-state index in [2.05, 4.69) is 5.32 Å². The van der Waals surface area contributed by atoms with Crippen molar-refractivity contribution in [1.82, 2.24) is 5.32 Å². The van der Waals surface area contributed by atoms with Crippen molar-refractivity contribution in [2.45, 2.75) is 152 Å². The first-order valence-corrected chi connectivity index (χ1v) is 29.1. The SMILES string of the molecule is CC(=O)O[C@H]1C(=O)[C@]2(C)[C@H](O)[C@H](OS(=O)(=O)C(F)(F)F)[C@H]3OC[C@@]3(OC(C)=O)[C@H]2[C@H](OC(=O)c2ccccc2)[C@@]2(O)C[C@H](OC(=O)[C@H](O[Si](C)(C)C(C)(C)C)[C@@H](NC(=O)c3ccccc3)c3ccccc3)C(C)=C1C2(C)C. The highest BCUT2D eigenvalue weighted by Crippen LogP contribution is 2.65. The number of carbonyl (C=O) groups excluding carboxylic acids is 6. The Bertz CT molecular complexity index is 2930. The number of nitrogens with one attached hydrogen (secondary N) is 1. The van der Waals surface area contributed by atoms with Crippen LogP contribution in [0.3, 0.4) is 0 Å². The van der Waals surface area contributed by atoms with Crippen LogP contribution in [-0.4, -0.2) is 129 Å². The van der Waals surface area contributed by atoms with E-state index in [0.717, 1.165) is 20.8 Å². The fourth-order valence-electron chi connectivity index (χ4n) is 11.2. The number of alkyl halides is 3. The normalized spacial score (nSPS) is 29.9. The van der Waals surface area contributed by atoms with Crippen molar-refractivity contribution in [3.63, 3.8) is 0 Å². The molecule has 3 fully saturated rings. The number of aliphatic hydroxyl groups excluding tert-OH is 1. The Morgan fingerprint density at radius 3 is 1.87 bits per heavy atom. The second kappa shape index (κ2) is 20.8. The molecule has 18 nitrogen and oxygen atoms in total. The summed E-state index contributed by atoms with van der Waals surface area (Å²) in [6.45, 7) is 15.6. The standard InChI is InChI=1S/C54H64F3NO17SSi/c1-29-35(71-48(65)39(75-77(10,11)49(4,5)6)37(32-21-15-12-16-22-32)58-46(63)33-23-17-13-18-24-33)27-53(66)45(72-47(64)34-25-19-14-20-26-34)41-51(9,42(61)38(70-30(2)59)36(29)50(53,7)8)43(62)40(74-76(67,68)54(55,56)57)44-52(41,28-69-44)73-31(3)60/h12-26,35,37-41,43-45,62,66H,27-28H2,1-11H3,(H,58,63)/t35-,37-,38+,39+,40-,41-,43+,44+,45-,51+,52+,53-/m0/s1. The Hall–Kier alpha value is -5.82. The van der Waals surface area contributed by atoms with Crippen LogP contribution in [0.15, 0.2) is 102 Å². The maximum Gasteiger partial charge on any atom is 0.523 e. The summed E-state index contributed by atoms with van der Waals surface area (Å²) in [6.07, 6.45) is -16.3. The van der Waals surface area contributed by atoms with Gasteiger partial charge < -0.3 is 43.6 Å². The van der Waals surface area contributed by atoms with Crippen molar-refractivity contribution < 1.29 is 92.9 Å². The molecule has 12 atom stereocenters. The molecular formula is C54H64F3NO17SSi. The van der Waals surface area contributed by atoms with E-state index in [1.165, 1.54) is 45.0 Å². The van der Waals surface area contributed by atoms with Gasteiger partial charge >= 0.3 is 39.5 Å². The molecule has 3 aliphatic carbocycles. The quantitative estimate of drug-likeness (QED) is 0.0383. The predicted octanol–water partition coefficient (Wildman–Crippen LogP) is 6.61. The molecule has 0 radical (unpaired) electrons. The number of ether oxygens (including phenoxy) is 5. The summed E-state index contributed by atoms with van der Waals surface area (Å²) in [6, 6.07) is 22.6. The molecule has 2 saturated carbocycles. The van der Waals surface area contributed by atoms with Crippen LogP contribution in [0, 0.1) is 16.7 Å². The molecule has 418 valence electrons. The molecule has 2 bridgehead atoms. The van der Waals surface area contributed by atoms with Gasteiger partial charge in [0.2, 0.25) is 0 Å². The number of Topliss-reactive ketones (excluding diaryl/α,β-unsaturated/α-hetero) is 1. The summed E-state index contributed by atoms with van der Waals surface area (Å²) in [5, 5.41) is 29.0. The van der Waals surface area contributed by atoms with Gasteiger partial charge in [-0.3, -0.25) is 23.4 Å². The van der Waals surface area contributed by atoms with Gasteiger partial charge in [0.15, 0.2) is 31.9 Å². The number of fused-ring (bicyclic) bond motifs is 5. The molecule has 3 aromatic carbocycles.